The van der Waals surface area contributed by atoms with E-state index in [2.05, 4.69) is 13.8 Å². The van der Waals surface area contributed by atoms with Gasteiger partial charge in [-0.05, 0) is 26.7 Å². The number of carbonyl (C=O) groups is 4. The molecule has 0 saturated heterocycles. The second-order valence-electron chi connectivity index (χ2n) is 6.27. The molecular weight excluding hydrogens is 416 g/mol. The second kappa shape index (κ2) is 23.2. The molecule has 2 atom stereocenters. The average molecular weight is 452 g/mol. The molecule has 0 aromatic heterocycles. The molecule has 8 nitrogen and oxygen atoms in total. The summed E-state index contributed by atoms with van der Waals surface area (Å²) < 4.78 is 10.6. The predicted molar refractivity (Wildman–Crippen MR) is 101 cm³/mol. The van der Waals surface area contributed by atoms with Crippen LogP contribution in [0.1, 0.15) is 80.1 Å². The zero-order valence-electron chi connectivity index (χ0n) is 18.6. The van der Waals surface area contributed by atoms with Gasteiger partial charge in [0.15, 0.2) is 0 Å². The Morgan fingerprint density at radius 3 is 1.17 bits per heavy atom. The van der Waals surface area contributed by atoms with Crippen LogP contribution in [0.25, 0.3) is 0 Å². The molecule has 0 aromatic rings. The van der Waals surface area contributed by atoms with Crippen LogP contribution in [0.2, 0.25) is 0 Å². The summed E-state index contributed by atoms with van der Waals surface area (Å²) in [5.41, 5.74) is 0. The molecule has 9 heteroatoms. The molecule has 168 valence electrons. The van der Waals surface area contributed by atoms with E-state index in [1.807, 2.05) is 0 Å². The Morgan fingerprint density at radius 1 is 0.724 bits per heavy atom. The van der Waals surface area contributed by atoms with Crippen LogP contribution in [0.5, 0.6) is 0 Å². The van der Waals surface area contributed by atoms with Gasteiger partial charge < -0.3 is 19.8 Å². The van der Waals surface area contributed by atoms with Crippen molar-refractivity contribution in [3.63, 3.8) is 0 Å². The summed E-state index contributed by atoms with van der Waals surface area (Å²) in [4.78, 5) is 40.9. The molecule has 0 heterocycles. The van der Waals surface area contributed by atoms with Crippen LogP contribution >= 0.6 is 0 Å². The van der Waals surface area contributed by atoms with Crippen molar-refractivity contribution in [3.05, 3.63) is 0 Å². The molecule has 29 heavy (non-hydrogen) atoms. The van der Waals surface area contributed by atoms with Crippen LogP contribution in [0.3, 0.4) is 0 Å². The summed E-state index contributed by atoms with van der Waals surface area (Å²) in [6, 6.07) is 0. The molecule has 0 N–H and O–H groups in total. The van der Waals surface area contributed by atoms with Gasteiger partial charge in [0.05, 0.1) is 23.8 Å². The van der Waals surface area contributed by atoms with E-state index >= 15 is 0 Å². The third kappa shape index (κ3) is 23.1. The molecule has 0 radical (unpaired) electrons. The first-order valence-electron chi connectivity index (χ1n) is 10.0. The number of carboxylic acid groups (broad SMARTS) is 2. The Hall–Kier alpha value is -1.09. The van der Waals surface area contributed by atoms with Crippen LogP contribution in [0, 0.1) is 11.8 Å². The van der Waals surface area contributed by atoms with Crippen LogP contribution in [-0.4, -0.2) is 36.7 Å². The first-order valence-corrected chi connectivity index (χ1v) is 11.3. The fourth-order valence-corrected chi connectivity index (χ4v) is 2.64. The standard InChI is InChI=1S/2C6H10O3.2C4H9O.Ti/c2*1-3-5(4(2)7)6(8)9;2*1-2-3-4-5;/h2*5H,3H2,1-2H3,(H,8,9);2*2-4H2,1H3;/q;;2*-1;+4/p-2. The minimum absolute atomic E-state index is 0.317. The molecule has 0 fully saturated rings. The van der Waals surface area contributed by atoms with Crippen molar-refractivity contribution in [2.24, 2.45) is 11.8 Å². The van der Waals surface area contributed by atoms with E-state index in [-0.39, 0.29) is 11.6 Å². The molecule has 0 spiro atoms. The van der Waals surface area contributed by atoms with Gasteiger partial charge in [0.2, 0.25) is 0 Å². The summed E-state index contributed by atoms with van der Waals surface area (Å²) in [6.45, 7) is 11.9. The summed E-state index contributed by atoms with van der Waals surface area (Å²) in [6.07, 6.45) is 5.39. The first-order chi connectivity index (χ1) is 13.6. The van der Waals surface area contributed by atoms with E-state index in [9.17, 15) is 29.4 Å². The van der Waals surface area contributed by atoms with Gasteiger partial charge in [-0.2, -0.15) is 0 Å². The molecule has 0 aliphatic carbocycles. The third-order valence-corrected chi connectivity index (χ3v) is 4.69. The second-order valence-corrected chi connectivity index (χ2v) is 7.43. The van der Waals surface area contributed by atoms with E-state index in [0.29, 0.717) is 12.8 Å². The number of aliphatic carboxylic acids is 2. The number of hydrogen-bond donors (Lipinski definition) is 0. The van der Waals surface area contributed by atoms with E-state index in [1.165, 1.54) is 39.5 Å². The molecule has 0 amide bonds. The molecule has 0 aliphatic rings. The fourth-order valence-electron chi connectivity index (χ4n) is 1.80. The zero-order valence-corrected chi connectivity index (χ0v) is 20.1. The normalized spacial score (nSPS) is 11.5. The van der Waals surface area contributed by atoms with Gasteiger partial charge in [0, 0.05) is 0 Å². The third-order valence-electron chi connectivity index (χ3n) is 3.68. The predicted octanol–water partition coefficient (Wildman–Crippen LogP) is 1.24. The van der Waals surface area contributed by atoms with Crippen LogP contribution in [-0.2, 0) is 45.7 Å². The quantitative estimate of drug-likeness (QED) is 0.218. The topological polar surface area (TPSA) is 133 Å². The van der Waals surface area contributed by atoms with E-state index < -0.39 is 43.7 Å². The Morgan fingerprint density at radius 2 is 1.03 bits per heavy atom. The van der Waals surface area contributed by atoms with Crippen LogP contribution in [0.4, 0.5) is 0 Å². The van der Waals surface area contributed by atoms with Crippen LogP contribution in [0.15, 0.2) is 0 Å². The van der Waals surface area contributed by atoms with Crippen molar-refractivity contribution >= 4 is 23.5 Å². The van der Waals surface area contributed by atoms with Gasteiger partial charge in [0.25, 0.3) is 0 Å². The Kier molecular flexibility index (Phi) is 26.1. The SMILES string of the molecule is CCC(C(C)=O)C(=O)[O-].CCC(C(C)=O)C(=O)[O-].CCCC[O][Ti+2][O]CCCC. The Bertz CT molecular complexity index is 386. The van der Waals surface area contributed by atoms with Crippen molar-refractivity contribution in [2.75, 3.05) is 13.2 Å². The van der Waals surface area contributed by atoms with Crippen molar-refractivity contribution in [1.29, 1.82) is 0 Å². The maximum absolute atomic E-state index is 10.4. The van der Waals surface area contributed by atoms with Crippen LogP contribution < -0.4 is 10.2 Å². The summed E-state index contributed by atoms with van der Waals surface area (Å²) in [5.74, 6) is -5.04. The maximum atomic E-state index is 10.4. The van der Waals surface area contributed by atoms with E-state index in [0.717, 1.165) is 13.2 Å². The van der Waals surface area contributed by atoms with Crippen molar-refractivity contribution in [2.45, 2.75) is 80.1 Å². The van der Waals surface area contributed by atoms with Gasteiger partial charge in [-0.15, -0.1) is 0 Å². The van der Waals surface area contributed by atoms with E-state index in [4.69, 9.17) is 6.64 Å². The number of Topliss-reactive ketones (excluding diaryl/α,β-unsaturated/α-hetero) is 2. The molecule has 0 bridgehead atoms. The van der Waals surface area contributed by atoms with E-state index in [1.54, 1.807) is 13.8 Å². The van der Waals surface area contributed by atoms with Gasteiger partial charge in [-0.1, -0.05) is 13.8 Å². The number of unbranched alkanes of at least 4 members (excludes halogenated alkanes) is 2. The molecular formula is C20H36O8Ti. The average Bonchev–Trinajstić information content (AvgIpc) is 2.62. The summed E-state index contributed by atoms with van der Waals surface area (Å²) in [7, 11) is 0. The van der Waals surface area contributed by atoms with Crippen molar-refractivity contribution in [3.8, 4) is 0 Å². The Balaban J connectivity index is -0.000000352. The fraction of sp³-hybridized carbons (Fsp3) is 0.800. The summed E-state index contributed by atoms with van der Waals surface area (Å²) in [5, 5.41) is 20.1. The first kappa shape index (κ1) is 32.6. The monoisotopic (exact) mass is 452 g/mol. The Labute approximate surface area is 184 Å². The number of carboxylic acids is 2. The molecule has 0 aromatic carbocycles. The summed E-state index contributed by atoms with van der Waals surface area (Å²) >= 11 is -0.519. The number of ketones is 2. The van der Waals surface area contributed by atoms with Gasteiger partial charge >= 0.3 is 79.3 Å². The van der Waals surface area contributed by atoms with Gasteiger partial charge in [-0.3, -0.25) is 9.59 Å². The zero-order chi connectivity index (χ0) is 23.2. The molecule has 0 rings (SSSR count). The minimum atomic E-state index is -1.27. The molecule has 2 unspecified atom stereocenters. The van der Waals surface area contributed by atoms with Crippen molar-refractivity contribution < 1.29 is 56.0 Å². The number of hydrogen-bond acceptors (Lipinski definition) is 8. The number of rotatable bonds is 14. The van der Waals surface area contributed by atoms with Crippen molar-refractivity contribution in [1.82, 2.24) is 0 Å². The number of carbonyl (C=O) groups excluding carboxylic acids is 4. The molecule has 0 aliphatic heterocycles. The van der Waals surface area contributed by atoms with Gasteiger partial charge in [0.1, 0.15) is 11.6 Å². The molecule has 0 saturated carbocycles. The van der Waals surface area contributed by atoms with Gasteiger partial charge in [-0.25, -0.2) is 0 Å².